The van der Waals surface area contributed by atoms with Crippen LogP contribution in [0.5, 0.6) is 0 Å². The highest BCUT2D eigenvalue weighted by Crippen LogP contribution is 2.25. The van der Waals surface area contributed by atoms with E-state index in [4.69, 9.17) is 16.6 Å². The molecule has 1 N–H and O–H groups in total. The van der Waals surface area contributed by atoms with Gasteiger partial charge in [0.05, 0.1) is 23.1 Å². The summed E-state index contributed by atoms with van der Waals surface area (Å²) in [5, 5.41) is 17.3. The molecule has 4 aromatic rings. The van der Waals surface area contributed by atoms with Gasteiger partial charge in [0.15, 0.2) is 0 Å². The van der Waals surface area contributed by atoms with Gasteiger partial charge < -0.3 is 10.2 Å². The van der Waals surface area contributed by atoms with E-state index in [0.29, 0.717) is 16.8 Å². The second kappa shape index (κ2) is 9.25. The average molecular weight is 455 g/mol. The fraction of sp³-hybridized carbons (Fsp3) is 0.381. The molecule has 1 fully saturated rings. The second-order valence-electron chi connectivity index (χ2n) is 7.61. The molecular weight excluding hydrogens is 432 g/mol. The number of aryl methyl sites for hydroxylation is 1. The Hall–Kier alpha value is -2.62. The van der Waals surface area contributed by atoms with E-state index in [1.807, 2.05) is 35.3 Å². The monoisotopic (exact) mass is 454 g/mol. The Morgan fingerprint density at radius 2 is 1.94 bits per heavy atom. The van der Waals surface area contributed by atoms with Crippen molar-refractivity contribution in [1.82, 2.24) is 34.8 Å². The zero-order chi connectivity index (χ0) is 21.0. The summed E-state index contributed by atoms with van der Waals surface area (Å²) >= 11 is 7.22. The van der Waals surface area contributed by atoms with Crippen LogP contribution in [0.1, 0.15) is 24.3 Å². The number of anilines is 2. The lowest BCUT2D eigenvalue weighted by Crippen LogP contribution is -2.21. The van der Waals surface area contributed by atoms with Crippen molar-refractivity contribution < 1.29 is 0 Å². The third-order valence-electron chi connectivity index (χ3n) is 5.38. The number of rotatable bonds is 8. The fourth-order valence-corrected chi connectivity index (χ4v) is 4.61. The maximum absolute atomic E-state index is 5.80. The summed E-state index contributed by atoms with van der Waals surface area (Å²) in [4.78, 5) is 11.8. The molecule has 31 heavy (non-hydrogen) atoms. The van der Waals surface area contributed by atoms with Crippen molar-refractivity contribution >= 4 is 44.9 Å². The Balaban J connectivity index is 1.28. The number of pyridine rings is 2. The number of nitrogens with zero attached hydrogens (tertiary/aromatic N) is 7. The predicted octanol–water partition coefficient (Wildman–Crippen LogP) is 4.31. The normalized spacial score (nSPS) is 14.5. The first-order valence-electron chi connectivity index (χ1n) is 10.4. The van der Waals surface area contributed by atoms with Crippen molar-refractivity contribution in [3.8, 4) is 11.1 Å². The van der Waals surface area contributed by atoms with Crippen molar-refractivity contribution in [3.05, 3.63) is 41.8 Å². The molecule has 0 unspecified atom stereocenters. The largest absolute Gasteiger partial charge is 0.315 e. The first-order valence-corrected chi connectivity index (χ1v) is 11.8. The Labute approximate surface area is 189 Å². The van der Waals surface area contributed by atoms with Gasteiger partial charge in [-0.25, -0.2) is 4.98 Å². The third kappa shape index (κ3) is 4.84. The van der Waals surface area contributed by atoms with E-state index >= 15 is 0 Å². The van der Waals surface area contributed by atoms with Crippen LogP contribution in [0, 0.1) is 0 Å². The Morgan fingerprint density at radius 3 is 2.77 bits per heavy atom. The van der Waals surface area contributed by atoms with Crippen LogP contribution in [-0.4, -0.2) is 54.5 Å². The smallest absolute Gasteiger partial charge is 0.211 e. The summed E-state index contributed by atoms with van der Waals surface area (Å²) in [5.74, 6) is 1.05. The molecule has 0 aliphatic carbocycles. The van der Waals surface area contributed by atoms with Crippen molar-refractivity contribution in [2.45, 2.75) is 31.7 Å². The van der Waals surface area contributed by atoms with Crippen LogP contribution in [0.4, 0.5) is 10.9 Å². The zero-order valence-corrected chi connectivity index (χ0v) is 18.6. The van der Waals surface area contributed by atoms with E-state index < -0.39 is 0 Å². The molecule has 8 nitrogen and oxygen atoms in total. The Kier molecular flexibility index (Phi) is 6.06. The van der Waals surface area contributed by atoms with Gasteiger partial charge in [0.1, 0.15) is 10.8 Å². The molecule has 1 aliphatic rings. The van der Waals surface area contributed by atoms with E-state index in [1.165, 1.54) is 37.3 Å². The molecule has 1 saturated heterocycles. The summed E-state index contributed by atoms with van der Waals surface area (Å²) in [5.41, 5.74) is 3.70. The van der Waals surface area contributed by atoms with Gasteiger partial charge >= 0.3 is 0 Å². The number of hydrogen-bond acceptors (Lipinski definition) is 8. The number of alkyl halides is 1. The number of likely N-dealkylation sites (tertiary alicyclic amines) is 1. The van der Waals surface area contributed by atoms with E-state index in [9.17, 15) is 0 Å². The van der Waals surface area contributed by atoms with Gasteiger partial charge in [0.2, 0.25) is 5.13 Å². The first-order chi connectivity index (χ1) is 15.3. The molecule has 5 heterocycles. The quantitative estimate of drug-likeness (QED) is 0.397. The molecule has 0 amide bonds. The number of aromatic nitrogens is 6. The highest BCUT2D eigenvalue weighted by atomic mass is 35.5. The molecule has 0 aromatic carbocycles. The minimum Gasteiger partial charge on any atom is -0.315 e. The lowest BCUT2D eigenvalue weighted by Gasteiger charge is -2.13. The summed E-state index contributed by atoms with van der Waals surface area (Å²) in [6.45, 7) is 4.55. The van der Waals surface area contributed by atoms with Crippen molar-refractivity contribution in [3.63, 3.8) is 0 Å². The van der Waals surface area contributed by atoms with Gasteiger partial charge in [0, 0.05) is 30.1 Å². The summed E-state index contributed by atoms with van der Waals surface area (Å²) in [7, 11) is 0. The SMILES string of the molecule is ClCc1nnc(Nc2ccc3ncc(-c4cnn(CCCN5CCCC5)c4)cc3n2)s1. The Bertz CT molecular complexity index is 1170. The minimum atomic E-state index is 0.351. The topological polar surface area (TPSA) is 84.7 Å². The molecule has 1 aliphatic heterocycles. The van der Waals surface area contributed by atoms with Gasteiger partial charge in [0.25, 0.3) is 0 Å². The van der Waals surface area contributed by atoms with Crippen LogP contribution in [0.2, 0.25) is 0 Å². The van der Waals surface area contributed by atoms with Gasteiger partial charge in [-0.2, -0.15) is 5.10 Å². The van der Waals surface area contributed by atoms with Gasteiger partial charge in [-0.3, -0.25) is 9.67 Å². The highest BCUT2D eigenvalue weighted by Gasteiger charge is 2.11. The number of halogens is 1. The molecule has 0 spiro atoms. The van der Waals surface area contributed by atoms with Crippen molar-refractivity contribution in [2.75, 3.05) is 25.0 Å². The number of hydrogen-bond donors (Lipinski definition) is 1. The summed E-state index contributed by atoms with van der Waals surface area (Å²) in [6.07, 6.45) is 9.65. The molecule has 4 aromatic heterocycles. The molecule has 5 rings (SSSR count). The van der Waals surface area contributed by atoms with Crippen LogP contribution in [0.3, 0.4) is 0 Å². The van der Waals surface area contributed by atoms with Crippen LogP contribution < -0.4 is 5.32 Å². The van der Waals surface area contributed by atoms with E-state index in [-0.39, 0.29) is 0 Å². The first kappa shape index (κ1) is 20.3. The van der Waals surface area contributed by atoms with E-state index in [0.717, 1.165) is 46.7 Å². The fourth-order valence-electron chi connectivity index (χ4n) is 3.80. The highest BCUT2D eigenvalue weighted by molar-refractivity contribution is 7.15. The molecular formula is C21H23ClN8S. The maximum atomic E-state index is 5.80. The standard InChI is InChI=1S/C21H23ClN8S/c22-11-20-27-28-21(31-20)26-19-5-4-17-18(25-19)10-15(12-23-17)16-13-24-30(14-16)9-3-8-29-6-1-2-7-29/h4-5,10,12-14H,1-3,6-9,11H2,(H,25,26,28). The molecule has 0 saturated carbocycles. The second-order valence-corrected chi connectivity index (χ2v) is 8.94. The summed E-state index contributed by atoms with van der Waals surface area (Å²) in [6, 6.07) is 5.87. The predicted molar refractivity (Wildman–Crippen MR) is 124 cm³/mol. The molecule has 10 heteroatoms. The van der Waals surface area contributed by atoms with Gasteiger partial charge in [-0.1, -0.05) is 11.3 Å². The van der Waals surface area contributed by atoms with Crippen LogP contribution in [0.25, 0.3) is 22.2 Å². The minimum absolute atomic E-state index is 0.351. The Morgan fingerprint density at radius 1 is 1.03 bits per heavy atom. The third-order valence-corrected chi connectivity index (χ3v) is 6.63. The molecule has 0 atom stereocenters. The molecule has 0 bridgehead atoms. The lowest BCUT2D eigenvalue weighted by atomic mass is 10.1. The molecule has 160 valence electrons. The maximum Gasteiger partial charge on any atom is 0.211 e. The van der Waals surface area contributed by atoms with Gasteiger partial charge in [-0.15, -0.1) is 21.8 Å². The van der Waals surface area contributed by atoms with Crippen LogP contribution >= 0.6 is 22.9 Å². The van der Waals surface area contributed by atoms with Crippen molar-refractivity contribution in [1.29, 1.82) is 0 Å². The number of nitrogens with one attached hydrogen (secondary N) is 1. The van der Waals surface area contributed by atoms with Crippen molar-refractivity contribution in [2.24, 2.45) is 0 Å². The van der Waals surface area contributed by atoms with Crippen LogP contribution in [-0.2, 0) is 12.4 Å². The summed E-state index contributed by atoms with van der Waals surface area (Å²) < 4.78 is 2.02. The lowest BCUT2D eigenvalue weighted by molar-refractivity contribution is 0.322. The number of fused-ring (bicyclic) bond motifs is 1. The molecule has 0 radical (unpaired) electrons. The van der Waals surface area contributed by atoms with Crippen LogP contribution in [0.15, 0.2) is 36.8 Å². The van der Waals surface area contributed by atoms with Gasteiger partial charge in [-0.05, 0) is 57.1 Å². The van der Waals surface area contributed by atoms with E-state index in [2.05, 4.69) is 36.7 Å². The zero-order valence-electron chi connectivity index (χ0n) is 17.0. The average Bonchev–Trinajstić information content (AvgIpc) is 3.56. The van der Waals surface area contributed by atoms with E-state index in [1.54, 1.807) is 0 Å².